The molecule has 1 fully saturated rings. The van der Waals surface area contributed by atoms with Crippen LogP contribution in [0.5, 0.6) is 0 Å². The van der Waals surface area contributed by atoms with Crippen LogP contribution in [0.3, 0.4) is 0 Å². The van der Waals surface area contributed by atoms with E-state index in [1.807, 2.05) is 6.08 Å². The minimum Gasteiger partial charge on any atom is -0.394 e. The summed E-state index contributed by atoms with van der Waals surface area (Å²) in [6.07, 6.45) is 79.4. The van der Waals surface area contributed by atoms with E-state index < -0.39 is 49.5 Å². The zero-order valence-electron chi connectivity index (χ0n) is 54.7. The van der Waals surface area contributed by atoms with Gasteiger partial charge < -0.3 is 40.3 Å². The first-order valence-corrected chi connectivity index (χ1v) is 36.4. The number of amides is 1. The van der Waals surface area contributed by atoms with E-state index in [0.29, 0.717) is 6.42 Å². The van der Waals surface area contributed by atoms with E-state index in [9.17, 15) is 30.3 Å². The summed E-state index contributed by atoms with van der Waals surface area (Å²) in [5.74, 6) is -0.171. The Bertz CT molecular complexity index is 1450. The molecule has 6 N–H and O–H groups in total. The maximum atomic E-state index is 13.1. The maximum Gasteiger partial charge on any atom is 0.220 e. The maximum absolute atomic E-state index is 13.1. The van der Waals surface area contributed by atoms with Crippen molar-refractivity contribution in [1.82, 2.24) is 5.32 Å². The molecular formula is C74H139NO8. The van der Waals surface area contributed by atoms with Crippen molar-refractivity contribution in [1.29, 1.82) is 0 Å². The molecule has 7 atom stereocenters. The summed E-state index contributed by atoms with van der Waals surface area (Å²) in [6.45, 7) is 3.82. The lowest BCUT2D eigenvalue weighted by atomic mass is 9.99. The van der Waals surface area contributed by atoms with Crippen molar-refractivity contribution >= 4 is 5.91 Å². The third-order valence-electron chi connectivity index (χ3n) is 17.4. The van der Waals surface area contributed by atoms with Gasteiger partial charge in [-0.25, -0.2) is 0 Å². The first kappa shape index (κ1) is 79.2. The number of aliphatic hydroxyl groups is 5. The smallest absolute Gasteiger partial charge is 0.220 e. The molecule has 7 unspecified atom stereocenters. The van der Waals surface area contributed by atoms with Crippen LogP contribution in [0.25, 0.3) is 0 Å². The second kappa shape index (κ2) is 63.2. The van der Waals surface area contributed by atoms with Crippen LogP contribution in [-0.4, -0.2) is 87.5 Å². The third-order valence-corrected chi connectivity index (χ3v) is 17.4. The lowest BCUT2D eigenvalue weighted by molar-refractivity contribution is -0.302. The molecule has 9 heteroatoms. The van der Waals surface area contributed by atoms with Gasteiger partial charge in [-0.15, -0.1) is 0 Å². The number of hydrogen-bond acceptors (Lipinski definition) is 8. The van der Waals surface area contributed by atoms with E-state index in [4.69, 9.17) is 9.47 Å². The first-order chi connectivity index (χ1) is 40.8. The fraction of sp³-hybridized carbons (Fsp3) is 0.878. The summed E-state index contributed by atoms with van der Waals surface area (Å²) in [5, 5.41) is 54.8. The largest absolute Gasteiger partial charge is 0.394 e. The van der Waals surface area contributed by atoms with Gasteiger partial charge in [-0.3, -0.25) is 4.79 Å². The molecule has 0 spiro atoms. The van der Waals surface area contributed by atoms with E-state index in [1.165, 1.54) is 289 Å². The lowest BCUT2D eigenvalue weighted by Crippen LogP contribution is -2.60. The number of rotatable bonds is 64. The van der Waals surface area contributed by atoms with Crippen LogP contribution in [0, 0.1) is 0 Å². The molecule has 1 heterocycles. The van der Waals surface area contributed by atoms with Crippen LogP contribution in [0.1, 0.15) is 361 Å². The highest BCUT2D eigenvalue weighted by Gasteiger charge is 2.44. The standard InChI is InChI=1S/C74H139NO8/c1-3-5-7-9-11-13-15-17-19-21-23-25-27-29-31-32-33-34-35-36-38-40-42-44-46-48-50-52-54-56-58-60-62-64-70(78)75-67(66-82-74-73(81)72(80)71(79)69(65-76)83-74)68(77)63-61-59-57-55-53-51-49-47-45-43-41-39-37-30-28-26-24-22-20-18-16-14-12-10-8-6-4-2/h15,17,21,23,27,29,61,63,67-69,71-74,76-77,79-81H,3-14,16,18-20,22,24-26,28,30-60,62,64-66H2,1-2H3,(H,75,78)/b17-15-,23-21-,29-27-,63-61+. The van der Waals surface area contributed by atoms with Crippen molar-refractivity contribution in [3.8, 4) is 0 Å². The number of unbranched alkanes of at least 4 members (excludes halogenated alkanes) is 48. The molecule has 1 saturated heterocycles. The van der Waals surface area contributed by atoms with Crippen LogP contribution >= 0.6 is 0 Å². The van der Waals surface area contributed by atoms with E-state index in [-0.39, 0.29) is 12.5 Å². The normalized spacial score (nSPS) is 18.5. The van der Waals surface area contributed by atoms with Crippen LogP contribution in [0.15, 0.2) is 48.6 Å². The van der Waals surface area contributed by atoms with Gasteiger partial charge in [-0.1, -0.05) is 345 Å². The molecule has 83 heavy (non-hydrogen) atoms. The SMILES string of the molecule is CCCCCCC/C=C\C/C=C\C/C=C\CCCCCCCCCCCCCCCCCCCCC(=O)NC(COC1OC(CO)C(O)C(O)C1O)C(O)/C=C/CCCCCCCCCCCCCCCCCCCCCCCCCCC. The van der Waals surface area contributed by atoms with Crippen molar-refractivity contribution in [2.75, 3.05) is 13.2 Å². The van der Waals surface area contributed by atoms with E-state index in [2.05, 4.69) is 55.6 Å². The molecule has 0 aromatic carbocycles. The fourth-order valence-electron chi connectivity index (χ4n) is 11.7. The lowest BCUT2D eigenvalue weighted by Gasteiger charge is -2.40. The molecule has 0 aliphatic carbocycles. The van der Waals surface area contributed by atoms with Crippen LogP contribution in [-0.2, 0) is 14.3 Å². The monoisotopic (exact) mass is 1170 g/mol. The van der Waals surface area contributed by atoms with Gasteiger partial charge in [-0.05, 0) is 57.8 Å². The van der Waals surface area contributed by atoms with Crippen molar-refractivity contribution < 1.29 is 39.8 Å². The third kappa shape index (κ3) is 51.9. The average molecular weight is 1170 g/mol. The minimum absolute atomic E-state index is 0.171. The fourth-order valence-corrected chi connectivity index (χ4v) is 11.7. The average Bonchev–Trinajstić information content (AvgIpc) is 3.61. The summed E-state index contributed by atoms with van der Waals surface area (Å²) in [7, 11) is 0. The van der Waals surface area contributed by atoms with Gasteiger partial charge in [0.05, 0.1) is 25.4 Å². The molecule has 0 saturated carbocycles. The van der Waals surface area contributed by atoms with Gasteiger partial charge in [0, 0.05) is 6.42 Å². The molecule has 1 amide bonds. The van der Waals surface area contributed by atoms with Gasteiger partial charge in [-0.2, -0.15) is 0 Å². The predicted octanol–water partition coefficient (Wildman–Crippen LogP) is 20.0. The number of carbonyl (C=O) groups excluding carboxylic acids is 1. The molecule has 1 aliphatic rings. The molecule has 0 bridgehead atoms. The molecule has 1 rings (SSSR count). The van der Waals surface area contributed by atoms with Crippen molar-refractivity contribution in [3.05, 3.63) is 48.6 Å². The molecule has 1 aliphatic heterocycles. The summed E-state index contributed by atoms with van der Waals surface area (Å²) >= 11 is 0. The van der Waals surface area contributed by atoms with Gasteiger partial charge >= 0.3 is 0 Å². The van der Waals surface area contributed by atoms with Gasteiger partial charge in [0.25, 0.3) is 0 Å². The Morgan fingerprint density at radius 1 is 0.410 bits per heavy atom. The second-order valence-electron chi connectivity index (χ2n) is 25.4. The zero-order chi connectivity index (χ0) is 60.0. The molecule has 9 nitrogen and oxygen atoms in total. The summed E-state index contributed by atoms with van der Waals surface area (Å²) in [4.78, 5) is 13.1. The predicted molar refractivity (Wildman–Crippen MR) is 355 cm³/mol. The topological polar surface area (TPSA) is 149 Å². The van der Waals surface area contributed by atoms with Gasteiger partial charge in [0.1, 0.15) is 24.4 Å². The number of allylic oxidation sites excluding steroid dienone is 7. The van der Waals surface area contributed by atoms with Crippen molar-refractivity contribution in [2.24, 2.45) is 0 Å². The van der Waals surface area contributed by atoms with Gasteiger partial charge in [0.15, 0.2) is 6.29 Å². The number of carbonyl (C=O) groups is 1. The van der Waals surface area contributed by atoms with Crippen molar-refractivity contribution in [3.63, 3.8) is 0 Å². The highest BCUT2D eigenvalue weighted by atomic mass is 16.7. The number of hydrogen-bond donors (Lipinski definition) is 6. The Morgan fingerprint density at radius 3 is 1.05 bits per heavy atom. The Kier molecular flexibility index (Phi) is 60.3. The summed E-state index contributed by atoms with van der Waals surface area (Å²) in [6, 6.07) is -0.806. The molecular weight excluding hydrogens is 1030 g/mol. The Balaban J connectivity index is 2.11. The molecule has 0 aromatic heterocycles. The number of aliphatic hydroxyl groups excluding tert-OH is 5. The minimum atomic E-state index is -1.57. The Labute approximate surface area is 514 Å². The quantitative estimate of drug-likeness (QED) is 0.0261. The van der Waals surface area contributed by atoms with Crippen LogP contribution < -0.4 is 5.32 Å². The highest BCUT2D eigenvalue weighted by molar-refractivity contribution is 5.76. The molecule has 0 aromatic rings. The summed E-state index contributed by atoms with van der Waals surface area (Å²) < 4.78 is 11.3. The Morgan fingerprint density at radius 2 is 0.711 bits per heavy atom. The first-order valence-electron chi connectivity index (χ1n) is 36.4. The summed E-state index contributed by atoms with van der Waals surface area (Å²) in [5.41, 5.74) is 0. The van der Waals surface area contributed by atoms with Gasteiger partial charge in [0.2, 0.25) is 5.91 Å². The van der Waals surface area contributed by atoms with Crippen LogP contribution in [0.4, 0.5) is 0 Å². The van der Waals surface area contributed by atoms with E-state index in [0.717, 1.165) is 51.4 Å². The highest BCUT2D eigenvalue weighted by Crippen LogP contribution is 2.23. The zero-order valence-corrected chi connectivity index (χ0v) is 54.7. The van der Waals surface area contributed by atoms with Crippen LogP contribution in [0.2, 0.25) is 0 Å². The van der Waals surface area contributed by atoms with Crippen molar-refractivity contribution in [2.45, 2.75) is 403 Å². The molecule has 0 radical (unpaired) electrons. The van der Waals surface area contributed by atoms with E-state index in [1.54, 1.807) is 6.08 Å². The Hall–Kier alpha value is -1.85. The number of ether oxygens (including phenoxy) is 2. The second-order valence-corrected chi connectivity index (χ2v) is 25.4. The number of nitrogens with one attached hydrogen (secondary N) is 1. The van der Waals surface area contributed by atoms with E-state index >= 15 is 0 Å². The molecule has 488 valence electrons.